The highest BCUT2D eigenvalue weighted by atomic mass is 35.5. The van der Waals surface area contributed by atoms with Crippen molar-refractivity contribution in [3.63, 3.8) is 0 Å². The molecular formula is C13H6ClF3N8. The van der Waals surface area contributed by atoms with Gasteiger partial charge >= 0.3 is 6.18 Å². The monoisotopic (exact) mass is 366 g/mol. The Hall–Kier alpha value is -3.44. The van der Waals surface area contributed by atoms with Crippen LogP contribution in [0.5, 0.6) is 0 Å². The summed E-state index contributed by atoms with van der Waals surface area (Å²) in [6, 6.07) is 3.90. The van der Waals surface area contributed by atoms with Crippen LogP contribution in [0.15, 0.2) is 34.8 Å². The molecule has 0 spiro atoms. The first-order chi connectivity index (χ1) is 11.8. The second-order valence-corrected chi connectivity index (χ2v) is 4.74. The Bertz CT molecular complexity index is 945. The number of aromatic nitrogens is 4. The van der Waals surface area contributed by atoms with E-state index in [0.717, 1.165) is 11.0 Å². The van der Waals surface area contributed by atoms with Gasteiger partial charge in [-0.05, 0) is 6.07 Å². The van der Waals surface area contributed by atoms with Gasteiger partial charge in [0.15, 0.2) is 11.5 Å². The van der Waals surface area contributed by atoms with E-state index in [1.54, 1.807) is 12.1 Å². The first-order valence-corrected chi connectivity index (χ1v) is 6.63. The minimum Gasteiger partial charge on any atom is -0.388 e. The molecule has 0 aliphatic heterocycles. The van der Waals surface area contributed by atoms with E-state index in [0.29, 0.717) is 12.3 Å². The molecule has 0 bridgehead atoms. The summed E-state index contributed by atoms with van der Waals surface area (Å²) in [5.41, 5.74) is 3.71. The summed E-state index contributed by atoms with van der Waals surface area (Å²) in [5, 5.41) is 24.8. The Morgan fingerprint density at radius 3 is 2.60 bits per heavy atom. The van der Waals surface area contributed by atoms with Crippen molar-refractivity contribution in [2.24, 2.45) is 10.7 Å². The van der Waals surface area contributed by atoms with Gasteiger partial charge in [0.05, 0.1) is 23.0 Å². The van der Waals surface area contributed by atoms with E-state index in [1.165, 1.54) is 6.20 Å². The first-order valence-electron chi connectivity index (χ1n) is 6.25. The van der Waals surface area contributed by atoms with Gasteiger partial charge in [-0.3, -0.25) is 0 Å². The van der Waals surface area contributed by atoms with Gasteiger partial charge in [0.25, 0.3) is 0 Å². The molecule has 0 fully saturated rings. The Morgan fingerprint density at radius 2 is 2.04 bits per heavy atom. The standard InChI is InChI=1S/C13H6ClF3N8/c14-9-1-7(13(15,16)17)4-22-12(9)25-23-6-8(24-25)5-21-11(3-19)10(20)2-18/h1,4-6H,20H2. The summed E-state index contributed by atoms with van der Waals surface area (Å²) in [4.78, 5) is 8.18. The maximum atomic E-state index is 12.6. The number of halogens is 4. The number of nitriles is 2. The van der Waals surface area contributed by atoms with Crippen molar-refractivity contribution < 1.29 is 13.2 Å². The van der Waals surface area contributed by atoms with Gasteiger partial charge in [-0.2, -0.15) is 28.8 Å². The molecular weight excluding hydrogens is 361 g/mol. The molecule has 0 aliphatic carbocycles. The number of hydrogen-bond donors (Lipinski definition) is 1. The minimum atomic E-state index is -4.58. The molecule has 0 atom stereocenters. The molecule has 2 rings (SSSR count). The number of rotatable bonds is 3. The van der Waals surface area contributed by atoms with Crippen molar-refractivity contribution in [3.05, 3.63) is 46.1 Å². The molecule has 0 amide bonds. The lowest BCUT2D eigenvalue weighted by Crippen LogP contribution is -2.09. The topological polar surface area (TPSA) is 130 Å². The van der Waals surface area contributed by atoms with Crippen LogP contribution in [0.3, 0.4) is 0 Å². The van der Waals surface area contributed by atoms with Gasteiger partial charge in [0.2, 0.25) is 0 Å². The average molecular weight is 367 g/mol. The van der Waals surface area contributed by atoms with Crippen LogP contribution in [-0.4, -0.2) is 26.2 Å². The van der Waals surface area contributed by atoms with E-state index in [-0.39, 0.29) is 27.9 Å². The van der Waals surface area contributed by atoms with Crippen molar-refractivity contribution in [2.45, 2.75) is 6.18 Å². The summed E-state index contributed by atoms with van der Waals surface area (Å²) in [6.07, 6.45) is -1.67. The molecule has 0 saturated carbocycles. The molecule has 8 nitrogen and oxygen atoms in total. The maximum Gasteiger partial charge on any atom is 0.417 e. The molecule has 2 N–H and O–H groups in total. The van der Waals surface area contributed by atoms with Crippen molar-refractivity contribution in [1.29, 1.82) is 10.5 Å². The first kappa shape index (κ1) is 17.9. The van der Waals surface area contributed by atoms with Crippen LogP contribution in [-0.2, 0) is 6.18 Å². The van der Waals surface area contributed by atoms with Crippen molar-refractivity contribution in [1.82, 2.24) is 20.0 Å². The highest BCUT2D eigenvalue weighted by molar-refractivity contribution is 6.32. The smallest absolute Gasteiger partial charge is 0.388 e. The van der Waals surface area contributed by atoms with Crippen LogP contribution in [0.4, 0.5) is 13.2 Å². The summed E-state index contributed by atoms with van der Waals surface area (Å²) in [5.74, 6) is -0.123. The van der Waals surface area contributed by atoms with Crippen LogP contribution in [0.25, 0.3) is 5.82 Å². The van der Waals surface area contributed by atoms with Gasteiger partial charge in [-0.1, -0.05) is 11.6 Å². The predicted molar refractivity (Wildman–Crippen MR) is 79.2 cm³/mol. The zero-order valence-electron chi connectivity index (χ0n) is 12.0. The minimum absolute atomic E-state index is 0.123. The SMILES string of the molecule is N#CC(N)=C(C#N)N=Cc1cnn(-c2ncc(C(F)(F)F)cc2Cl)n1. The van der Waals surface area contributed by atoms with E-state index >= 15 is 0 Å². The third kappa shape index (κ3) is 4.10. The van der Waals surface area contributed by atoms with E-state index in [9.17, 15) is 13.2 Å². The van der Waals surface area contributed by atoms with Crippen molar-refractivity contribution >= 4 is 17.8 Å². The number of hydrogen-bond acceptors (Lipinski definition) is 7. The Labute approximate surface area is 143 Å². The zero-order chi connectivity index (χ0) is 18.6. The van der Waals surface area contributed by atoms with Crippen LogP contribution in [0.1, 0.15) is 11.3 Å². The van der Waals surface area contributed by atoms with Gasteiger partial charge < -0.3 is 5.73 Å². The second-order valence-electron chi connectivity index (χ2n) is 4.33. The van der Waals surface area contributed by atoms with Gasteiger partial charge in [-0.15, -0.1) is 9.90 Å². The molecule has 2 aromatic rings. The Morgan fingerprint density at radius 1 is 1.32 bits per heavy atom. The van der Waals surface area contributed by atoms with E-state index in [4.69, 9.17) is 27.9 Å². The van der Waals surface area contributed by atoms with E-state index < -0.39 is 11.7 Å². The number of allylic oxidation sites excluding steroid dienone is 2. The number of alkyl halides is 3. The summed E-state index contributed by atoms with van der Waals surface area (Å²) < 4.78 is 37.8. The Kier molecular flexibility index (Phi) is 5.00. The molecule has 0 saturated heterocycles. The molecule has 2 heterocycles. The third-order valence-electron chi connectivity index (χ3n) is 2.66. The molecule has 0 aromatic carbocycles. The summed E-state index contributed by atoms with van der Waals surface area (Å²) >= 11 is 5.79. The predicted octanol–water partition coefficient (Wildman–Crippen LogP) is 1.97. The van der Waals surface area contributed by atoms with Gasteiger partial charge in [0, 0.05) is 6.20 Å². The van der Waals surface area contributed by atoms with Gasteiger partial charge in [-0.25, -0.2) is 9.98 Å². The number of nitrogens with two attached hydrogens (primary N) is 1. The van der Waals surface area contributed by atoms with Crippen molar-refractivity contribution in [2.75, 3.05) is 0 Å². The molecule has 0 unspecified atom stereocenters. The maximum absolute atomic E-state index is 12.6. The lowest BCUT2D eigenvalue weighted by molar-refractivity contribution is -0.137. The number of aliphatic imine (C=N–C) groups is 1. The zero-order valence-corrected chi connectivity index (χ0v) is 12.8. The fourth-order valence-corrected chi connectivity index (χ4v) is 1.75. The van der Waals surface area contributed by atoms with E-state index in [1.807, 2.05) is 0 Å². The normalized spacial score (nSPS) is 12.6. The number of nitrogens with zero attached hydrogens (tertiary/aromatic N) is 7. The lowest BCUT2D eigenvalue weighted by Gasteiger charge is -2.08. The molecule has 0 aliphatic rings. The average Bonchev–Trinajstić information content (AvgIpc) is 3.02. The molecule has 126 valence electrons. The second kappa shape index (κ2) is 6.98. The third-order valence-corrected chi connectivity index (χ3v) is 2.93. The van der Waals surface area contributed by atoms with Crippen LogP contribution >= 0.6 is 11.6 Å². The fourth-order valence-electron chi connectivity index (χ4n) is 1.51. The molecule has 2 aromatic heterocycles. The van der Waals surface area contributed by atoms with Gasteiger partial charge in [0.1, 0.15) is 23.5 Å². The van der Waals surface area contributed by atoms with E-state index in [2.05, 4.69) is 20.2 Å². The summed E-state index contributed by atoms with van der Waals surface area (Å²) in [7, 11) is 0. The number of pyridine rings is 1. The fraction of sp³-hybridized carbons (Fsp3) is 0.0769. The molecule has 12 heteroatoms. The van der Waals surface area contributed by atoms with Crippen LogP contribution in [0, 0.1) is 22.7 Å². The Balaban J connectivity index is 2.31. The quantitative estimate of drug-likeness (QED) is 0.653. The molecule has 25 heavy (non-hydrogen) atoms. The molecule has 0 radical (unpaired) electrons. The van der Waals surface area contributed by atoms with Crippen LogP contribution < -0.4 is 5.73 Å². The largest absolute Gasteiger partial charge is 0.417 e. The lowest BCUT2D eigenvalue weighted by atomic mass is 10.3. The summed E-state index contributed by atoms with van der Waals surface area (Å²) in [6.45, 7) is 0. The van der Waals surface area contributed by atoms with Crippen LogP contribution in [0.2, 0.25) is 5.02 Å². The van der Waals surface area contributed by atoms with Crippen molar-refractivity contribution in [3.8, 4) is 18.0 Å². The highest BCUT2D eigenvalue weighted by Gasteiger charge is 2.31. The highest BCUT2D eigenvalue weighted by Crippen LogP contribution is 2.31.